The van der Waals surface area contributed by atoms with Crippen molar-refractivity contribution in [3.05, 3.63) is 65.3 Å². The molecule has 3 rings (SSSR count). The van der Waals surface area contributed by atoms with Crippen LogP contribution in [-0.2, 0) is 4.74 Å². The number of carbonyl (C=O) groups is 1. The maximum atomic E-state index is 13.3. The summed E-state index contributed by atoms with van der Waals surface area (Å²) in [6.07, 6.45) is 0. The predicted molar refractivity (Wildman–Crippen MR) is 97.7 cm³/mol. The molecule has 0 atom stereocenters. The predicted octanol–water partition coefficient (Wildman–Crippen LogP) is 5.41. The molecule has 3 aromatic rings. The van der Waals surface area contributed by atoms with Gasteiger partial charge in [-0.25, -0.2) is 9.18 Å². The molecule has 0 aliphatic carbocycles. The Morgan fingerprint density at radius 3 is 2.28 bits per heavy atom. The SMILES string of the molecule is CCOC(=O)c1cc(-c2ccc(OC)cc2)c(-c2ccc(F)cc2)s1. The number of ether oxygens (including phenoxy) is 2. The second-order valence-corrected chi connectivity index (χ2v) is 6.36. The van der Waals surface area contributed by atoms with Crippen molar-refractivity contribution in [3.8, 4) is 27.3 Å². The van der Waals surface area contributed by atoms with Gasteiger partial charge < -0.3 is 9.47 Å². The fraction of sp³-hybridized carbons (Fsp3) is 0.150. The summed E-state index contributed by atoms with van der Waals surface area (Å²) >= 11 is 1.34. The zero-order valence-electron chi connectivity index (χ0n) is 13.9. The molecule has 25 heavy (non-hydrogen) atoms. The van der Waals surface area contributed by atoms with Gasteiger partial charge in [0, 0.05) is 10.4 Å². The second-order valence-electron chi connectivity index (χ2n) is 5.31. The highest BCUT2D eigenvalue weighted by molar-refractivity contribution is 7.18. The first kappa shape index (κ1) is 17.2. The summed E-state index contributed by atoms with van der Waals surface area (Å²) in [6, 6.07) is 15.7. The molecule has 128 valence electrons. The van der Waals surface area contributed by atoms with Crippen LogP contribution >= 0.6 is 11.3 Å². The second kappa shape index (κ2) is 7.49. The van der Waals surface area contributed by atoms with Crippen LogP contribution in [-0.4, -0.2) is 19.7 Å². The molecule has 0 amide bonds. The third-order valence-corrected chi connectivity index (χ3v) is 4.88. The summed E-state index contributed by atoms with van der Waals surface area (Å²) < 4.78 is 23.6. The summed E-state index contributed by atoms with van der Waals surface area (Å²) in [5.41, 5.74) is 2.71. The lowest BCUT2D eigenvalue weighted by Gasteiger charge is -2.06. The van der Waals surface area contributed by atoms with E-state index in [9.17, 15) is 9.18 Å². The van der Waals surface area contributed by atoms with Crippen LogP contribution in [0.5, 0.6) is 5.75 Å². The third kappa shape index (κ3) is 3.72. The van der Waals surface area contributed by atoms with E-state index in [0.29, 0.717) is 11.5 Å². The smallest absolute Gasteiger partial charge is 0.348 e. The Morgan fingerprint density at radius 1 is 1.04 bits per heavy atom. The standard InChI is InChI=1S/C20H17FO3S/c1-3-24-20(22)18-12-17(13-6-10-16(23-2)11-7-13)19(25-18)14-4-8-15(21)9-5-14/h4-12H,3H2,1-2H3. The van der Waals surface area contributed by atoms with Gasteiger partial charge in [-0.1, -0.05) is 24.3 Å². The van der Waals surface area contributed by atoms with E-state index in [2.05, 4.69) is 0 Å². The highest BCUT2D eigenvalue weighted by Crippen LogP contribution is 2.40. The zero-order valence-corrected chi connectivity index (χ0v) is 14.7. The van der Waals surface area contributed by atoms with E-state index in [0.717, 1.165) is 27.3 Å². The van der Waals surface area contributed by atoms with Gasteiger partial charge >= 0.3 is 5.97 Å². The number of rotatable bonds is 5. The number of halogens is 1. The van der Waals surface area contributed by atoms with Gasteiger partial charge in [0.05, 0.1) is 13.7 Å². The molecule has 0 unspecified atom stereocenters. The number of benzene rings is 2. The normalized spacial score (nSPS) is 10.5. The summed E-state index contributed by atoms with van der Waals surface area (Å²) in [5.74, 6) is 0.112. The van der Waals surface area contributed by atoms with Crippen LogP contribution in [0, 0.1) is 5.82 Å². The Hall–Kier alpha value is -2.66. The maximum absolute atomic E-state index is 13.3. The third-order valence-electron chi connectivity index (χ3n) is 3.72. The number of methoxy groups -OCH3 is 1. The van der Waals surface area contributed by atoms with Crippen LogP contribution in [0.3, 0.4) is 0 Å². The number of hydrogen-bond donors (Lipinski definition) is 0. The summed E-state index contributed by atoms with van der Waals surface area (Å²) in [6.45, 7) is 2.09. The molecule has 0 saturated heterocycles. The molecule has 0 fully saturated rings. The van der Waals surface area contributed by atoms with E-state index in [1.807, 2.05) is 30.3 Å². The van der Waals surface area contributed by atoms with E-state index >= 15 is 0 Å². The van der Waals surface area contributed by atoms with E-state index < -0.39 is 0 Å². The van der Waals surface area contributed by atoms with Crippen LogP contribution in [0.2, 0.25) is 0 Å². The minimum atomic E-state index is -0.351. The Balaban J connectivity index is 2.10. The van der Waals surface area contributed by atoms with Crippen molar-refractivity contribution in [2.24, 2.45) is 0 Å². The first-order valence-electron chi connectivity index (χ1n) is 7.83. The number of hydrogen-bond acceptors (Lipinski definition) is 4. The van der Waals surface area contributed by atoms with Crippen molar-refractivity contribution in [1.82, 2.24) is 0 Å². The molecule has 3 nitrogen and oxygen atoms in total. The van der Waals surface area contributed by atoms with Crippen molar-refractivity contribution in [1.29, 1.82) is 0 Å². The van der Waals surface area contributed by atoms with E-state index in [-0.39, 0.29) is 11.8 Å². The van der Waals surface area contributed by atoms with Crippen LogP contribution in [0.4, 0.5) is 4.39 Å². The van der Waals surface area contributed by atoms with Crippen LogP contribution in [0.1, 0.15) is 16.6 Å². The van der Waals surface area contributed by atoms with E-state index in [1.165, 1.54) is 23.5 Å². The molecule has 0 N–H and O–H groups in total. The van der Waals surface area contributed by atoms with Gasteiger partial charge in [0.15, 0.2) is 0 Å². The molecule has 2 aromatic carbocycles. The van der Waals surface area contributed by atoms with Crippen LogP contribution in [0.25, 0.3) is 21.6 Å². The van der Waals surface area contributed by atoms with Crippen LogP contribution < -0.4 is 4.74 Å². The Morgan fingerprint density at radius 2 is 1.68 bits per heavy atom. The average molecular weight is 356 g/mol. The molecule has 1 aromatic heterocycles. The van der Waals surface area contributed by atoms with Gasteiger partial charge in [0.2, 0.25) is 0 Å². The summed E-state index contributed by atoms with van der Waals surface area (Å²) in [4.78, 5) is 13.6. The molecule has 0 aliphatic heterocycles. The van der Waals surface area contributed by atoms with Gasteiger partial charge in [0.1, 0.15) is 16.4 Å². The zero-order chi connectivity index (χ0) is 17.8. The van der Waals surface area contributed by atoms with Gasteiger partial charge in [-0.05, 0) is 48.4 Å². The molecular formula is C20H17FO3S. The molecule has 0 aliphatic rings. The molecular weight excluding hydrogens is 339 g/mol. The van der Waals surface area contributed by atoms with Gasteiger partial charge in [-0.2, -0.15) is 0 Å². The topological polar surface area (TPSA) is 35.5 Å². The van der Waals surface area contributed by atoms with Crippen LogP contribution in [0.15, 0.2) is 54.6 Å². The van der Waals surface area contributed by atoms with Crippen molar-refractivity contribution in [2.45, 2.75) is 6.92 Å². The Bertz CT molecular complexity index is 867. The van der Waals surface area contributed by atoms with Gasteiger partial charge in [0.25, 0.3) is 0 Å². The number of esters is 1. The largest absolute Gasteiger partial charge is 0.497 e. The van der Waals surface area contributed by atoms with Gasteiger partial charge in [-0.3, -0.25) is 0 Å². The average Bonchev–Trinajstić information content (AvgIpc) is 3.08. The Labute approximate surface area is 149 Å². The lowest BCUT2D eigenvalue weighted by Crippen LogP contribution is -2.01. The van der Waals surface area contributed by atoms with Crippen molar-refractivity contribution >= 4 is 17.3 Å². The first-order chi connectivity index (χ1) is 12.1. The summed E-state index contributed by atoms with van der Waals surface area (Å²) in [7, 11) is 1.61. The van der Waals surface area contributed by atoms with E-state index in [4.69, 9.17) is 9.47 Å². The van der Waals surface area contributed by atoms with Crippen molar-refractivity contribution in [3.63, 3.8) is 0 Å². The lowest BCUT2D eigenvalue weighted by molar-refractivity contribution is 0.0532. The molecule has 0 radical (unpaired) electrons. The van der Waals surface area contributed by atoms with Gasteiger partial charge in [-0.15, -0.1) is 11.3 Å². The highest BCUT2D eigenvalue weighted by atomic mass is 32.1. The molecule has 5 heteroatoms. The maximum Gasteiger partial charge on any atom is 0.348 e. The molecule has 0 saturated carbocycles. The quantitative estimate of drug-likeness (QED) is 0.574. The van der Waals surface area contributed by atoms with Crippen molar-refractivity contribution < 1.29 is 18.7 Å². The lowest BCUT2D eigenvalue weighted by atomic mass is 10.0. The monoisotopic (exact) mass is 356 g/mol. The van der Waals surface area contributed by atoms with Crippen molar-refractivity contribution in [2.75, 3.05) is 13.7 Å². The molecule has 0 spiro atoms. The van der Waals surface area contributed by atoms with E-state index in [1.54, 1.807) is 26.2 Å². The molecule has 0 bridgehead atoms. The number of carbonyl (C=O) groups excluding carboxylic acids is 1. The minimum Gasteiger partial charge on any atom is -0.497 e. The fourth-order valence-electron chi connectivity index (χ4n) is 2.49. The first-order valence-corrected chi connectivity index (χ1v) is 8.65. The number of thiophene rings is 1. The fourth-order valence-corrected chi connectivity index (χ4v) is 3.57. The Kier molecular flexibility index (Phi) is 5.14. The minimum absolute atomic E-state index is 0.295. The molecule has 1 heterocycles. The highest BCUT2D eigenvalue weighted by Gasteiger charge is 2.18. The summed E-state index contributed by atoms with van der Waals surface area (Å²) in [5, 5.41) is 0.